The molecule has 0 bridgehead atoms. The second kappa shape index (κ2) is 5.63. The molecule has 1 aliphatic heterocycles. The summed E-state index contributed by atoms with van der Waals surface area (Å²) in [6.45, 7) is 8.12. The predicted molar refractivity (Wildman–Crippen MR) is 72.8 cm³/mol. The van der Waals surface area contributed by atoms with E-state index in [9.17, 15) is 4.79 Å². The van der Waals surface area contributed by atoms with E-state index in [1.165, 1.54) is 0 Å². The fraction of sp³-hybridized carbons (Fsp3) is 0.714. The first kappa shape index (κ1) is 13.9. The lowest BCUT2D eigenvalue weighted by molar-refractivity contribution is 0.0155. The summed E-state index contributed by atoms with van der Waals surface area (Å²) in [6, 6.07) is 1.93. The van der Waals surface area contributed by atoms with Crippen molar-refractivity contribution in [1.82, 2.24) is 14.7 Å². The van der Waals surface area contributed by atoms with Crippen LogP contribution < -0.4 is 0 Å². The summed E-state index contributed by atoms with van der Waals surface area (Å²) in [7, 11) is 0. The topological polar surface area (TPSA) is 47.4 Å². The number of hydrogen-bond acceptors (Lipinski definition) is 3. The van der Waals surface area contributed by atoms with Crippen molar-refractivity contribution in [2.75, 3.05) is 13.1 Å². The van der Waals surface area contributed by atoms with Crippen LogP contribution in [0.2, 0.25) is 0 Å². The molecule has 5 nitrogen and oxygen atoms in total. The highest BCUT2D eigenvalue weighted by atomic mass is 16.6. The van der Waals surface area contributed by atoms with Crippen molar-refractivity contribution in [3.63, 3.8) is 0 Å². The standard InChI is InChI=1S/C14H23N3O2/c1-14(2,3)19-13(18)16-8-4-6-12(10-16)11-17-9-5-7-15-17/h5,7,9,12H,4,6,8,10-11H2,1-3H3. The molecule has 1 saturated heterocycles. The fourth-order valence-electron chi connectivity index (χ4n) is 2.38. The molecule has 1 aromatic rings. The van der Waals surface area contributed by atoms with Crippen molar-refractivity contribution in [1.29, 1.82) is 0 Å². The lowest BCUT2D eigenvalue weighted by atomic mass is 9.98. The van der Waals surface area contributed by atoms with Gasteiger partial charge in [0.05, 0.1) is 0 Å². The van der Waals surface area contributed by atoms with E-state index >= 15 is 0 Å². The van der Waals surface area contributed by atoms with Crippen LogP contribution in [0.1, 0.15) is 33.6 Å². The maximum atomic E-state index is 12.0. The Morgan fingerprint density at radius 3 is 2.89 bits per heavy atom. The highest BCUT2D eigenvalue weighted by Gasteiger charge is 2.27. The van der Waals surface area contributed by atoms with Crippen LogP contribution in [-0.2, 0) is 11.3 Å². The summed E-state index contributed by atoms with van der Waals surface area (Å²) in [5.41, 5.74) is -0.425. The van der Waals surface area contributed by atoms with Gasteiger partial charge in [-0.3, -0.25) is 4.68 Å². The van der Waals surface area contributed by atoms with E-state index in [1.807, 2.05) is 42.6 Å². The molecule has 0 saturated carbocycles. The van der Waals surface area contributed by atoms with Crippen molar-refractivity contribution >= 4 is 6.09 Å². The van der Waals surface area contributed by atoms with E-state index in [1.54, 1.807) is 6.20 Å². The predicted octanol–water partition coefficient (Wildman–Crippen LogP) is 2.53. The molecular weight excluding hydrogens is 242 g/mol. The minimum atomic E-state index is -0.425. The number of nitrogens with zero attached hydrogens (tertiary/aromatic N) is 3. The number of rotatable bonds is 2. The first-order chi connectivity index (χ1) is 8.94. The third-order valence-electron chi connectivity index (χ3n) is 3.18. The van der Waals surface area contributed by atoms with Gasteiger partial charge in [-0.25, -0.2) is 4.79 Å². The van der Waals surface area contributed by atoms with Gasteiger partial charge in [-0.1, -0.05) is 0 Å². The molecule has 1 aliphatic rings. The van der Waals surface area contributed by atoms with E-state index < -0.39 is 5.60 Å². The number of aromatic nitrogens is 2. The van der Waals surface area contributed by atoms with Crippen LogP contribution in [0.3, 0.4) is 0 Å². The summed E-state index contributed by atoms with van der Waals surface area (Å²) in [4.78, 5) is 13.9. The molecule has 1 amide bonds. The van der Waals surface area contributed by atoms with Gasteiger partial charge in [-0.05, 0) is 45.6 Å². The number of ether oxygens (including phenoxy) is 1. The van der Waals surface area contributed by atoms with Gasteiger partial charge in [0.25, 0.3) is 0 Å². The molecule has 1 aromatic heterocycles. The molecule has 1 unspecified atom stereocenters. The third-order valence-corrected chi connectivity index (χ3v) is 3.18. The summed E-state index contributed by atoms with van der Waals surface area (Å²) in [6.07, 6.45) is 5.73. The van der Waals surface area contributed by atoms with Gasteiger partial charge in [0.2, 0.25) is 0 Å². The molecule has 2 rings (SSSR count). The van der Waals surface area contributed by atoms with Crippen LogP contribution >= 0.6 is 0 Å². The zero-order chi connectivity index (χ0) is 13.9. The summed E-state index contributed by atoms with van der Waals surface area (Å²) in [5.74, 6) is 0.459. The highest BCUT2D eigenvalue weighted by Crippen LogP contribution is 2.20. The Balaban J connectivity index is 1.88. The molecule has 1 atom stereocenters. The molecule has 0 aliphatic carbocycles. The van der Waals surface area contributed by atoms with Crippen molar-refractivity contribution in [2.24, 2.45) is 5.92 Å². The van der Waals surface area contributed by atoms with Gasteiger partial charge in [0, 0.05) is 32.0 Å². The van der Waals surface area contributed by atoms with Gasteiger partial charge >= 0.3 is 6.09 Å². The smallest absolute Gasteiger partial charge is 0.410 e. The average Bonchev–Trinajstić information content (AvgIpc) is 2.80. The molecule has 2 heterocycles. The Kier molecular flexibility index (Phi) is 4.12. The van der Waals surface area contributed by atoms with Crippen LogP contribution in [0, 0.1) is 5.92 Å². The molecular formula is C14H23N3O2. The molecule has 5 heteroatoms. The number of piperidine rings is 1. The number of amides is 1. The van der Waals surface area contributed by atoms with Crippen LogP contribution in [0.25, 0.3) is 0 Å². The van der Waals surface area contributed by atoms with Crippen LogP contribution in [0.4, 0.5) is 4.79 Å². The van der Waals surface area contributed by atoms with Crippen molar-refractivity contribution in [3.8, 4) is 0 Å². The van der Waals surface area contributed by atoms with Gasteiger partial charge in [-0.2, -0.15) is 5.10 Å². The lowest BCUT2D eigenvalue weighted by Crippen LogP contribution is -2.43. The van der Waals surface area contributed by atoms with E-state index in [4.69, 9.17) is 4.74 Å². The number of hydrogen-bond donors (Lipinski definition) is 0. The van der Waals surface area contributed by atoms with Gasteiger partial charge < -0.3 is 9.64 Å². The molecule has 0 N–H and O–H groups in total. The molecule has 0 aromatic carbocycles. The zero-order valence-corrected chi connectivity index (χ0v) is 12.0. The Morgan fingerprint density at radius 1 is 1.47 bits per heavy atom. The molecule has 106 valence electrons. The van der Waals surface area contributed by atoms with Crippen LogP contribution in [-0.4, -0.2) is 39.5 Å². The molecule has 19 heavy (non-hydrogen) atoms. The maximum Gasteiger partial charge on any atom is 0.410 e. The lowest BCUT2D eigenvalue weighted by Gasteiger charge is -2.34. The second-order valence-electron chi connectivity index (χ2n) is 6.16. The van der Waals surface area contributed by atoms with E-state index in [2.05, 4.69) is 5.10 Å². The Bertz CT molecular complexity index is 409. The van der Waals surface area contributed by atoms with Crippen LogP contribution in [0.5, 0.6) is 0 Å². The minimum absolute atomic E-state index is 0.197. The molecule has 1 fully saturated rings. The second-order valence-corrected chi connectivity index (χ2v) is 6.16. The van der Waals surface area contributed by atoms with Crippen molar-refractivity contribution in [3.05, 3.63) is 18.5 Å². The van der Waals surface area contributed by atoms with E-state index in [0.29, 0.717) is 5.92 Å². The number of carbonyl (C=O) groups is 1. The summed E-state index contributed by atoms with van der Waals surface area (Å²) in [5, 5.41) is 4.22. The largest absolute Gasteiger partial charge is 0.444 e. The fourth-order valence-corrected chi connectivity index (χ4v) is 2.38. The number of carbonyl (C=O) groups excluding carboxylic acids is 1. The van der Waals surface area contributed by atoms with Gasteiger partial charge in [-0.15, -0.1) is 0 Å². The SMILES string of the molecule is CC(C)(C)OC(=O)N1CCCC(Cn2cccn2)C1. The molecule has 0 spiro atoms. The zero-order valence-electron chi connectivity index (χ0n) is 12.0. The van der Waals surface area contributed by atoms with Crippen molar-refractivity contribution < 1.29 is 9.53 Å². The first-order valence-electron chi connectivity index (χ1n) is 6.89. The minimum Gasteiger partial charge on any atom is -0.444 e. The monoisotopic (exact) mass is 265 g/mol. The summed E-state index contributed by atoms with van der Waals surface area (Å²) >= 11 is 0. The maximum absolute atomic E-state index is 12.0. The Hall–Kier alpha value is -1.52. The Labute approximate surface area is 114 Å². The average molecular weight is 265 g/mol. The van der Waals surface area contributed by atoms with E-state index in [-0.39, 0.29) is 6.09 Å². The molecule has 0 radical (unpaired) electrons. The highest BCUT2D eigenvalue weighted by molar-refractivity contribution is 5.68. The number of likely N-dealkylation sites (tertiary alicyclic amines) is 1. The Morgan fingerprint density at radius 2 is 2.26 bits per heavy atom. The quantitative estimate of drug-likeness (QED) is 0.825. The van der Waals surface area contributed by atoms with Crippen molar-refractivity contribution in [2.45, 2.75) is 45.8 Å². The van der Waals surface area contributed by atoms with Crippen LogP contribution in [0.15, 0.2) is 18.5 Å². The van der Waals surface area contributed by atoms with E-state index in [0.717, 1.165) is 32.5 Å². The van der Waals surface area contributed by atoms with Gasteiger partial charge in [0.1, 0.15) is 5.60 Å². The first-order valence-corrected chi connectivity index (χ1v) is 6.89. The third kappa shape index (κ3) is 4.26. The summed E-state index contributed by atoms with van der Waals surface area (Å²) < 4.78 is 7.36. The van der Waals surface area contributed by atoms with Gasteiger partial charge in [0.15, 0.2) is 0 Å². The normalized spacial score (nSPS) is 20.4.